The van der Waals surface area contributed by atoms with E-state index >= 15 is 0 Å². The monoisotopic (exact) mass is 253 g/mol. The van der Waals surface area contributed by atoms with E-state index in [1.807, 2.05) is 0 Å². The minimum absolute atomic E-state index is 0.0141. The van der Waals surface area contributed by atoms with E-state index in [-0.39, 0.29) is 16.4 Å². The Hall–Kier alpha value is -0.570. The van der Waals surface area contributed by atoms with Gasteiger partial charge in [-0.1, -0.05) is 20.3 Å². The fourth-order valence-electron chi connectivity index (χ4n) is 3.14. The van der Waals surface area contributed by atoms with Crippen LogP contribution in [0.3, 0.4) is 0 Å². The number of methoxy groups -OCH3 is 1. The maximum atomic E-state index is 12.8. The smallest absolute Gasteiger partial charge is 0.229 e. The van der Waals surface area contributed by atoms with Gasteiger partial charge in [0.25, 0.3) is 0 Å². The first kappa shape index (κ1) is 13.9. The average Bonchev–Trinajstić information content (AvgIpc) is 2.24. The van der Waals surface area contributed by atoms with Crippen molar-refractivity contribution in [3.63, 3.8) is 0 Å². The van der Waals surface area contributed by atoms with Gasteiger partial charge in [0, 0.05) is 31.2 Å². The van der Waals surface area contributed by atoms with E-state index in [0.29, 0.717) is 12.5 Å². The van der Waals surface area contributed by atoms with Gasteiger partial charge >= 0.3 is 0 Å². The SMILES string of the molecule is COCCC1(C(=O)N2CC(C)(C)C2(C)C)CCC1. The second kappa shape index (κ2) is 4.22. The Labute approximate surface area is 111 Å². The molecule has 1 amide bonds. The molecule has 2 fully saturated rings. The van der Waals surface area contributed by atoms with Crippen LogP contribution in [0.4, 0.5) is 0 Å². The van der Waals surface area contributed by atoms with Crippen molar-refractivity contribution in [1.29, 1.82) is 0 Å². The molecule has 0 aromatic heterocycles. The van der Waals surface area contributed by atoms with Crippen LogP contribution in [0.1, 0.15) is 53.4 Å². The maximum Gasteiger partial charge on any atom is 0.229 e. The van der Waals surface area contributed by atoms with Gasteiger partial charge in [-0.05, 0) is 33.1 Å². The van der Waals surface area contributed by atoms with Gasteiger partial charge in [0.05, 0.1) is 5.41 Å². The summed E-state index contributed by atoms with van der Waals surface area (Å²) in [6, 6.07) is 0. The lowest BCUT2D eigenvalue weighted by molar-refractivity contribution is -0.184. The summed E-state index contributed by atoms with van der Waals surface area (Å²) in [5.41, 5.74) is 0.110. The van der Waals surface area contributed by atoms with E-state index in [2.05, 4.69) is 32.6 Å². The van der Waals surface area contributed by atoms with Crippen molar-refractivity contribution in [3.05, 3.63) is 0 Å². The molecule has 0 bridgehead atoms. The summed E-state index contributed by atoms with van der Waals surface area (Å²) in [4.78, 5) is 14.9. The molecule has 0 radical (unpaired) electrons. The fourth-order valence-corrected chi connectivity index (χ4v) is 3.14. The highest BCUT2D eigenvalue weighted by atomic mass is 16.5. The third-order valence-electron chi connectivity index (χ3n) is 5.68. The number of carbonyl (C=O) groups is 1. The molecule has 0 aromatic rings. The van der Waals surface area contributed by atoms with Crippen LogP contribution in [0.25, 0.3) is 0 Å². The van der Waals surface area contributed by atoms with Crippen molar-refractivity contribution in [1.82, 2.24) is 4.90 Å². The third kappa shape index (κ3) is 1.78. The molecular formula is C15H27NO2. The summed E-state index contributed by atoms with van der Waals surface area (Å²) in [5.74, 6) is 0.370. The number of amides is 1. The van der Waals surface area contributed by atoms with Crippen LogP contribution in [0.2, 0.25) is 0 Å². The number of rotatable bonds is 4. The molecule has 1 saturated carbocycles. The Kier molecular flexibility index (Phi) is 3.25. The second-order valence-corrected chi connectivity index (χ2v) is 7.21. The van der Waals surface area contributed by atoms with E-state index in [0.717, 1.165) is 25.8 Å². The molecule has 2 rings (SSSR count). The molecule has 3 nitrogen and oxygen atoms in total. The lowest BCUT2D eigenvalue weighted by Crippen LogP contribution is -2.73. The van der Waals surface area contributed by atoms with Crippen molar-refractivity contribution >= 4 is 5.91 Å². The topological polar surface area (TPSA) is 29.5 Å². The van der Waals surface area contributed by atoms with Gasteiger partial charge in [0.2, 0.25) is 5.91 Å². The van der Waals surface area contributed by atoms with Crippen LogP contribution in [0.5, 0.6) is 0 Å². The Morgan fingerprint density at radius 1 is 1.22 bits per heavy atom. The molecule has 1 saturated heterocycles. The Morgan fingerprint density at radius 3 is 2.17 bits per heavy atom. The first-order valence-corrected chi connectivity index (χ1v) is 7.08. The van der Waals surface area contributed by atoms with Crippen molar-refractivity contribution in [2.24, 2.45) is 10.8 Å². The molecule has 1 aliphatic carbocycles. The van der Waals surface area contributed by atoms with Crippen LogP contribution in [-0.2, 0) is 9.53 Å². The normalized spacial score (nSPS) is 27.3. The molecular weight excluding hydrogens is 226 g/mol. The quantitative estimate of drug-likeness (QED) is 0.771. The van der Waals surface area contributed by atoms with Crippen LogP contribution < -0.4 is 0 Å². The predicted molar refractivity (Wildman–Crippen MR) is 72.4 cm³/mol. The number of hydrogen-bond donors (Lipinski definition) is 0. The van der Waals surface area contributed by atoms with Gasteiger partial charge in [-0.25, -0.2) is 0 Å². The van der Waals surface area contributed by atoms with Gasteiger partial charge in [-0.2, -0.15) is 0 Å². The Morgan fingerprint density at radius 2 is 1.83 bits per heavy atom. The molecule has 0 atom stereocenters. The zero-order valence-electron chi connectivity index (χ0n) is 12.5. The Bertz CT molecular complexity index is 342. The summed E-state index contributed by atoms with van der Waals surface area (Å²) >= 11 is 0. The van der Waals surface area contributed by atoms with Gasteiger partial charge in [-0.15, -0.1) is 0 Å². The molecule has 18 heavy (non-hydrogen) atoms. The van der Waals surface area contributed by atoms with Gasteiger partial charge < -0.3 is 9.64 Å². The molecule has 0 unspecified atom stereocenters. The highest BCUT2D eigenvalue weighted by molar-refractivity contribution is 5.85. The Balaban J connectivity index is 2.08. The minimum Gasteiger partial charge on any atom is -0.385 e. The number of carbonyl (C=O) groups excluding carboxylic acids is 1. The summed E-state index contributed by atoms with van der Waals surface area (Å²) in [5, 5.41) is 0. The van der Waals surface area contributed by atoms with Gasteiger partial charge in [-0.3, -0.25) is 4.79 Å². The molecule has 2 aliphatic rings. The average molecular weight is 253 g/mol. The number of ether oxygens (including phenoxy) is 1. The molecule has 0 aromatic carbocycles. The molecule has 1 heterocycles. The van der Waals surface area contributed by atoms with E-state index in [1.165, 1.54) is 6.42 Å². The molecule has 0 spiro atoms. The second-order valence-electron chi connectivity index (χ2n) is 7.21. The molecule has 1 aliphatic heterocycles. The summed E-state index contributed by atoms with van der Waals surface area (Å²) < 4.78 is 5.18. The van der Waals surface area contributed by atoms with Crippen LogP contribution in [0.15, 0.2) is 0 Å². The lowest BCUT2D eigenvalue weighted by Gasteiger charge is -2.63. The molecule has 3 heteroatoms. The van der Waals surface area contributed by atoms with Crippen molar-refractivity contribution in [2.45, 2.75) is 58.9 Å². The zero-order chi connectivity index (χ0) is 13.6. The largest absolute Gasteiger partial charge is 0.385 e. The predicted octanol–water partition coefficient (Wildman–Crippen LogP) is 2.84. The first-order valence-electron chi connectivity index (χ1n) is 7.08. The van der Waals surface area contributed by atoms with Crippen LogP contribution in [0, 0.1) is 10.8 Å². The summed E-state index contributed by atoms with van der Waals surface area (Å²) in [6.07, 6.45) is 4.16. The van der Waals surface area contributed by atoms with E-state index in [9.17, 15) is 4.79 Å². The third-order valence-corrected chi connectivity index (χ3v) is 5.68. The van der Waals surface area contributed by atoms with E-state index in [4.69, 9.17) is 4.74 Å². The van der Waals surface area contributed by atoms with Crippen molar-refractivity contribution in [2.75, 3.05) is 20.3 Å². The van der Waals surface area contributed by atoms with Gasteiger partial charge in [0.15, 0.2) is 0 Å². The summed E-state index contributed by atoms with van der Waals surface area (Å²) in [6.45, 7) is 10.5. The number of nitrogens with zero attached hydrogens (tertiary/aromatic N) is 1. The van der Waals surface area contributed by atoms with Crippen LogP contribution >= 0.6 is 0 Å². The fraction of sp³-hybridized carbons (Fsp3) is 0.933. The van der Waals surface area contributed by atoms with E-state index < -0.39 is 0 Å². The number of likely N-dealkylation sites (tertiary alicyclic amines) is 1. The van der Waals surface area contributed by atoms with Crippen LogP contribution in [-0.4, -0.2) is 36.6 Å². The number of hydrogen-bond acceptors (Lipinski definition) is 2. The minimum atomic E-state index is -0.107. The molecule has 0 N–H and O–H groups in total. The van der Waals surface area contributed by atoms with E-state index in [1.54, 1.807) is 7.11 Å². The van der Waals surface area contributed by atoms with Crippen molar-refractivity contribution < 1.29 is 9.53 Å². The highest BCUT2D eigenvalue weighted by Gasteiger charge is 2.58. The molecule has 104 valence electrons. The standard InChI is InChI=1S/C15H27NO2/c1-13(2)11-16(14(13,3)4)12(17)15(7-6-8-15)9-10-18-5/h6-11H2,1-5H3. The maximum absolute atomic E-state index is 12.8. The highest BCUT2D eigenvalue weighted by Crippen LogP contribution is 2.52. The lowest BCUT2D eigenvalue weighted by atomic mass is 9.60. The first-order chi connectivity index (χ1) is 8.27. The van der Waals surface area contributed by atoms with Gasteiger partial charge in [0.1, 0.15) is 0 Å². The van der Waals surface area contributed by atoms with Crippen molar-refractivity contribution in [3.8, 4) is 0 Å². The summed E-state index contributed by atoms with van der Waals surface area (Å²) in [7, 11) is 1.72. The zero-order valence-corrected chi connectivity index (χ0v) is 12.5.